The van der Waals surface area contributed by atoms with E-state index in [4.69, 9.17) is 21.7 Å². The summed E-state index contributed by atoms with van der Waals surface area (Å²) >= 11 is 5.29. The van der Waals surface area contributed by atoms with Crippen molar-refractivity contribution in [1.82, 2.24) is 15.5 Å². The van der Waals surface area contributed by atoms with Gasteiger partial charge >= 0.3 is 0 Å². The van der Waals surface area contributed by atoms with Crippen LogP contribution >= 0.6 is 12.2 Å². The Hall–Kier alpha value is -1.37. The van der Waals surface area contributed by atoms with E-state index in [-0.39, 0.29) is 0 Å². The van der Waals surface area contributed by atoms with Gasteiger partial charge in [-0.25, -0.2) is 0 Å². The molecule has 1 heterocycles. The van der Waals surface area contributed by atoms with Crippen LogP contribution in [-0.4, -0.2) is 56.5 Å². The third-order valence-electron chi connectivity index (χ3n) is 3.65. The highest BCUT2D eigenvalue weighted by Gasteiger charge is 2.09. The second-order valence-electron chi connectivity index (χ2n) is 5.27. The van der Waals surface area contributed by atoms with E-state index in [1.54, 1.807) is 7.11 Å². The Morgan fingerprint density at radius 3 is 2.64 bits per heavy atom. The van der Waals surface area contributed by atoms with Crippen LogP contribution in [0.15, 0.2) is 24.3 Å². The van der Waals surface area contributed by atoms with Crippen molar-refractivity contribution in [1.29, 1.82) is 0 Å². The SMILES string of the molecule is COc1ccc(CNC(=S)NCCCN2CCOCC2)cc1. The van der Waals surface area contributed by atoms with Gasteiger partial charge in [0, 0.05) is 26.2 Å². The fourth-order valence-electron chi connectivity index (χ4n) is 2.32. The van der Waals surface area contributed by atoms with Crippen molar-refractivity contribution in [3.63, 3.8) is 0 Å². The number of morpholine rings is 1. The molecule has 22 heavy (non-hydrogen) atoms. The monoisotopic (exact) mass is 323 g/mol. The number of ether oxygens (including phenoxy) is 2. The van der Waals surface area contributed by atoms with Gasteiger partial charge < -0.3 is 20.1 Å². The van der Waals surface area contributed by atoms with E-state index in [0.717, 1.165) is 58.1 Å². The number of hydrogen-bond acceptors (Lipinski definition) is 4. The smallest absolute Gasteiger partial charge is 0.166 e. The van der Waals surface area contributed by atoms with Crippen LogP contribution in [0.4, 0.5) is 0 Å². The topological polar surface area (TPSA) is 45.8 Å². The first-order valence-corrected chi connectivity index (χ1v) is 8.13. The summed E-state index contributed by atoms with van der Waals surface area (Å²) in [6, 6.07) is 7.98. The van der Waals surface area contributed by atoms with Crippen LogP contribution in [0.1, 0.15) is 12.0 Å². The van der Waals surface area contributed by atoms with E-state index >= 15 is 0 Å². The first-order chi connectivity index (χ1) is 10.8. The molecule has 0 aliphatic carbocycles. The molecule has 2 N–H and O–H groups in total. The molecule has 0 unspecified atom stereocenters. The normalized spacial score (nSPS) is 15.3. The number of rotatable bonds is 7. The number of nitrogens with zero attached hydrogens (tertiary/aromatic N) is 1. The van der Waals surface area contributed by atoms with Crippen molar-refractivity contribution < 1.29 is 9.47 Å². The zero-order valence-electron chi connectivity index (χ0n) is 13.1. The largest absolute Gasteiger partial charge is 0.497 e. The van der Waals surface area contributed by atoms with Gasteiger partial charge in [-0.05, 0) is 42.9 Å². The Bertz CT molecular complexity index is 447. The lowest BCUT2D eigenvalue weighted by Crippen LogP contribution is -2.39. The van der Waals surface area contributed by atoms with Crippen LogP contribution in [0.2, 0.25) is 0 Å². The maximum absolute atomic E-state index is 5.34. The molecule has 0 aromatic heterocycles. The van der Waals surface area contributed by atoms with Crippen LogP contribution in [-0.2, 0) is 11.3 Å². The van der Waals surface area contributed by atoms with Gasteiger partial charge in [-0.1, -0.05) is 12.1 Å². The van der Waals surface area contributed by atoms with Crippen LogP contribution < -0.4 is 15.4 Å². The average molecular weight is 323 g/mol. The van der Waals surface area contributed by atoms with Gasteiger partial charge in [-0.2, -0.15) is 0 Å². The highest BCUT2D eigenvalue weighted by atomic mass is 32.1. The van der Waals surface area contributed by atoms with Gasteiger partial charge in [0.25, 0.3) is 0 Å². The highest BCUT2D eigenvalue weighted by molar-refractivity contribution is 7.80. The van der Waals surface area contributed by atoms with Gasteiger partial charge in [0.1, 0.15) is 5.75 Å². The van der Waals surface area contributed by atoms with Crippen LogP contribution in [0.5, 0.6) is 5.75 Å². The quantitative estimate of drug-likeness (QED) is 0.584. The Labute approximate surface area is 138 Å². The summed E-state index contributed by atoms with van der Waals surface area (Å²) in [7, 11) is 1.67. The molecular weight excluding hydrogens is 298 g/mol. The second-order valence-corrected chi connectivity index (χ2v) is 5.67. The molecule has 5 nitrogen and oxygen atoms in total. The van der Waals surface area contributed by atoms with Crippen molar-refractivity contribution in [3.8, 4) is 5.75 Å². The van der Waals surface area contributed by atoms with Gasteiger partial charge in [0.2, 0.25) is 0 Å². The molecule has 1 aromatic rings. The van der Waals surface area contributed by atoms with Crippen LogP contribution in [0, 0.1) is 0 Å². The van der Waals surface area contributed by atoms with Crippen LogP contribution in [0.25, 0.3) is 0 Å². The molecule has 1 aliphatic rings. The third-order valence-corrected chi connectivity index (χ3v) is 3.94. The van der Waals surface area contributed by atoms with Crippen molar-refractivity contribution >= 4 is 17.3 Å². The predicted molar refractivity (Wildman–Crippen MR) is 92.3 cm³/mol. The number of nitrogens with one attached hydrogen (secondary N) is 2. The van der Waals surface area contributed by atoms with E-state index in [9.17, 15) is 0 Å². The summed E-state index contributed by atoms with van der Waals surface area (Å²) in [5, 5.41) is 7.18. The van der Waals surface area contributed by atoms with Gasteiger partial charge in [0.15, 0.2) is 5.11 Å². The lowest BCUT2D eigenvalue weighted by atomic mass is 10.2. The summed E-state index contributed by atoms with van der Waals surface area (Å²) in [4.78, 5) is 2.43. The third kappa shape index (κ3) is 6.17. The molecule has 0 saturated carbocycles. The molecule has 0 atom stereocenters. The molecule has 0 bridgehead atoms. The van der Waals surface area contributed by atoms with Crippen molar-refractivity contribution in [2.45, 2.75) is 13.0 Å². The fourth-order valence-corrected chi connectivity index (χ4v) is 2.49. The predicted octanol–water partition coefficient (Wildman–Crippen LogP) is 1.38. The second kappa shape index (κ2) is 9.61. The minimum Gasteiger partial charge on any atom is -0.497 e. The molecule has 1 aliphatic heterocycles. The van der Waals surface area contributed by atoms with E-state index in [1.807, 2.05) is 24.3 Å². The Morgan fingerprint density at radius 1 is 1.23 bits per heavy atom. The number of hydrogen-bond donors (Lipinski definition) is 2. The minimum atomic E-state index is 0.706. The van der Waals surface area contributed by atoms with E-state index in [1.165, 1.54) is 5.56 Å². The first-order valence-electron chi connectivity index (χ1n) is 7.72. The van der Waals surface area contributed by atoms with Gasteiger partial charge in [-0.15, -0.1) is 0 Å². The molecular formula is C16H25N3O2S. The molecule has 1 fully saturated rings. The van der Waals surface area contributed by atoms with Gasteiger partial charge in [0.05, 0.1) is 20.3 Å². The molecule has 1 aromatic carbocycles. The minimum absolute atomic E-state index is 0.706. The molecule has 122 valence electrons. The summed E-state index contributed by atoms with van der Waals surface area (Å²) in [6.07, 6.45) is 1.09. The summed E-state index contributed by atoms with van der Waals surface area (Å²) in [6.45, 7) is 6.51. The summed E-state index contributed by atoms with van der Waals surface area (Å²) < 4.78 is 10.5. The average Bonchev–Trinajstić information content (AvgIpc) is 2.58. The lowest BCUT2D eigenvalue weighted by Gasteiger charge is -2.26. The zero-order chi connectivity index (χ0) is 15.6. The standard InChI is InChI=1S/C16H25N3O2S/c1-20-15-5-3-14(4-6-15)13-18-16(22)17-7-2-8-19-9-11-21-12-10-19/h3-6H,2,7-13H2,1H3,(H2,17,18,22). The molecule has 1 saturated heterocycles. The van der Waals surface area contributed by atoms with E-state index < -0.39 is 0 Å². The van der Waals surface area contributed by atoms with Crippen molar-refractivity contribution in [3.05, 3.63) is 29.8 Å². The maximum atomic E-state index is 5.34. The fraction of sp³-hybridized carbons (Fsp3) is 0.562. The highest BCUT2D eigenvalue weighted by Crippen LogP contribution is 2.10. The van der Waals surface area contributed by atoms with Crippen molar-refractivity contribution in [2.24, 2.45) is 0 Å². The maximum Gasteiger partial charge on any atom is 0.166 e. The molecule has 6 heteroatoms. The van der Waals surface area contributed by atoms with Gasteiger partial charge in [-0.3, -0.25) is 4.90 Å². The number of thiocarbonyl (C=S) groups is 1. The van der Waals surface area contributed by atoms with E-state index in [0.29, 0.717) is 5.11 Å². The molecule has 0 spiro atoms. The molecule has 0 amide bonds. The molecule has 0 radical (unpaired) electrons. The van der Waals surface area contributed by atoms with E-state index in [2.05, 4.69) is 15.5 Å². The first kappa shape index (κ1) is 17.0. The number of methoxy groups -OCH3 is 1. The summed E-state index contributed by atoms with van der Waals surface area (Å²) in [5.41, 5.74) is 1.18. The Balaban J connectivity index is 1.55. The Kier molecular flexibility index (Phi) is 7.42. The Morgan fingerprint density at radius 2 is 1.95 bits per heavy atom. The zero-order valence-corrected chi connectivity index (χ0v) is 14.0. The summed E-state index contributed by atoms with van der Waals surface area (Å²) in [5.74, 6) is 0.868. The lowest BCUT2D eigenvalue weighted by molar-refractivity contribution is 0.0376. The van der Waals surface area contributed by atoms with Crippen molar-refractivity contribution in [2.75, 3.05) is 46.5 Å². The molecule has 2 rings (SSSR count). The van der Waals surface area contributed by atoms with Crippen LogP contribution in [0.3, 0.4) is 0 Å². The number of benzene rings is 1.